The molecule has 17 heavy (non-hydrogen) atoms. The number of rotatable bonds is 6. The molecule has 0 fully saturated rings. The summed E-state index contributed by atoms with van der Waals surface area (Å²) in [4.78, 5) is 11.7. The minimum absolute atomic E-state index is 0.192. The molecule has 4 N–H and O–H groups in total. The third-order valence-corrected chi connectivity index (χ3v) is 2.61. The summed E-state index contributed by atoms with van der Waals surface area (Å²) >= 11 is 5.75. The minimum Gasteiger partial charge on any atom is -0.398 e. The molecule has 0 atom stereocenters. The van der Waals surface area contributed by atoms with Gasteiger partial charge in [0.25, 0.3) is 5.91 Å². The normalized spacial score (nSPS) is 10.2. The number of nitrogens with one attached hydrogen (secondary N) is 1. The zero-order valence-electron chi connectivity index (χ0n) is 9.58. The van der Waals surface area contributed by atoms with E-state index in [0.29, 0.717) is 22.8 Å². The molecule has 0 saturated carbocycles. The third kappa shape index (κ3) is 4.63. The first-order valence-electron chi connectivity index (χ1n) is 5.59. The number of nitrogens with two attached hydrogens (primary N) is 1. The number of halogens is 1. The Balaban J connectivity index is 2.42. The van der Waals surface area contributed by atoms with Crippen LogP contribution in [0.4, 0.5) is 5.69 Å². The molecule has 0 aromatic heterocycles. The van der Waals surface area contributed by atoms with Crippen LogP contribution in [0.2, 0.25) is 5.02 Å². The first kappa shape index (κ1) is 13.8. The molecule has 1 aromatic carbocycles. The van der Waals surface area contributed by atoms with E-state index in [-0.39, 0.29) is 12.5 Å². The van der Waals surface area contributed by atoms with E-state index in [2.05, 4.69) is 5.32 Å². The fourth-order valence-electron chi connectivity index (χ4n) is 1.45. The molecule has 0 aliphatic carbocycles. The van der Waals surface area contributed by atoms with Crippen LogP contribution in [0.5, 0.6) is 0 Å². The maximum Gasteiger partial charge on any atom is 0.253 e. The molecule has 1 amide bonds. The quantitative estimate of drug-likeness (QED) is 0.537. The highest BCUT2D eigenvalue weighted by molar-refractivity contribution is 6.31. The molecule has 0 heterocycles. The number of unbranched alkanes of at least 4 members (excludes halogenated alkanes) is 2. The van der Waals surface area contributed by atoms with Crippen molar-refractivity contribution in [3.05, 3.63) is 28.8 Å². The van der Waals surface area contributed by atoms with Gasteiger partial charge in [-0.25, -0.2) is 0 Å². The van der Waals surface area contributed by atoms with E-state index < -0.39 is 0 Å². The van der Waals surface area contributed by atoms with Crippen molar-refractivity contribution in [1.29, 1.82) is 0 Å². The van der Waals surface area contributed by atoms with Gasteiger partial charge in [0.2, 0.25) is 0 Å². The van der Waals surface area contributed by atoms with Gasteiger partial charge in [0.15, 0.2) is 0 Å². The summed E-state index contributed by atoms with van der Waals surface area (Å²) in [6.07, 6.45) is 2.51. The third-order valence-electron chi connectivity index (χ3n) is 2.38. The van der Waals surface area contributed by atoms with Crippen molar-refractivity contribution in [2.45, 2.75) is 19.3 Å². The van der Waals surface area contributed by atoms with Gasteiger partial charge in [-0.05, 0) is 37.5 Å². The lowest BCUT2D eigenvalue weighted by atomic mass is 10.1. The van der Waals surface area contributed by atoms with Crippen LogP contribution in [0.3, 0.4) is 0 Å². The Labute approximate surface area is 106 Å². The fraction of sp³-hybridized carbons (Fsp3) is 0.417. The van der Waals surface area contributed by atoms with E-state index in [9.17, 15) is 4.79 Å². The number of benzene rings is 1. The van der Waals surface area contributed by atoms with E-state index in [0.717, 1.165) is 19.3 Å². The van der Waals surface area contributed by atoms with Gasteiger partial charge in [0, 0.05) is 23.9 Å². The zero-order valence-corrected chi connectivity index (χ0v) is 10.3. The molecule has 0 aliphatic heterocycles. The number of amides is 1. The van der Waals surface area contributed by atoms with Crippen LogP contribution in [0.25, 0.3) is 0 Å². The fourth-order valence-corrected chi connectivity index (χ4v) is 1.63. The second kappa shape index (κ2) is 7.14. The highest BCUT2D eigenvalue weighted by Gasteiger charge is 2.08. The van der Waals surface area contributed by atoms with Gasteiger partial charge in [-0.15, -0.1) is 0 Å². The molecule has 0 aliphatic rings. The number of anilines is 1. The Morgan fingerprint density at radius 3 is 2.76 bits per heavy atom. The molecule has 1 rings (SSSR count). The van der Waals surface area contributed by atoms with Crippen LogP contribution in [-0.2, 0) is 0 Å². The Morgan fingerprint density at radius 1 is 1.35 bits per heavy atom. The first-order chi connectivity index (χ1) is 8.15. The molecule has 1 aromatic rings. The Morgan fingerprint density at radius 2 is 2.12 bits per heavy atom. The van der Waals surface area contributed by atoms with Gasteiger partial charge < -0.3 is 16.2 Å². The van der Waals surface area contributed by atoms with Crippen LogP contribution in [0, 0.1) is 0 Å². The lowest BCUT2D eigenvalue weighted by molar-refractivity contribution is 0.0954. The lowest BCUT2D eigenvalue weighted by Crippen LogP contribution is -2.25. The molecule has 0 radical (unpaired) electrons. The number of carbonyl (C=O) groups is 1. The molecule has 0 spiro atoms. The molecule has 0 unspecified atom stereocenters. The van der Waals surface area contributed by atoms with Crippen molar-refractivity contribution in [2.75, 3.05) is 18.9 Å². The molecule has 5 heteroatoms. The molecular formula is C12H17ClN2O2. The van der Waals surface area contributed by atoms with Crippen LogP contribution in [0.15, 0.2) is 18.2 Å². The minimum atomic E-state index is -0.192. The van der Waals surface area contributed by atoms with E-state index >= 15 is 0 Å². The van der Waals surface area contributed by atoms with Gasteiger partial charge in [-0.2, -0.15) is 0 Å². The largest absolute Gasteiger partial charge is 0.398 e. The van der Waals surface area contributed by atoms with E-state index in [1.807, 2.05) is 0 Å². The predicted molar refractivity (Wildman–Crippen MR) is 69.1 cm³/mol. The predicted octanol–water partition coefficient (Wildman–Crippen LogP) is 1.81. The summed E-state index contributed by atoms with van der Waals surface area (Å²) in [5.74, 6) is -0.192. The average molecular weight is 257 g/mol. The monoisotopic (exact) mass is 256 g/mol. The van der Waals surface area contributed by atoms with Crippen LogP contribution in [-0.4, -0.2) is 24.2 Å². The molecule has 94 valence electrons. The van der Waals surface area contributed by atoms with Gasteiger partial charge in [-0.1, -0.05) is 11.6 Å². The standard InChI is InChI=1S/C12H17ClN2O2/c13-9-4-5-10(11(14)8-9)12(17)15-6-2-1-3-7-16/h4-5,8,16H,1-3,6-7,14H2,(H,15,17). The summed E-state index contributed by atoms with van der Waals surface area (Å²) < 4.78 is 0. The van der Waals surface area contributed by atoms with Crippen LogP contribution >= 0.6 is 11.6 Å². The number of hydrogen-bond donors (Lipinski definition) is 3. The maximum absolute atomic E-state index is 11.7. The number of carbonyl (C=O) groups excluding carboxylic acids is 1. The van der Waals surface area contributed by atoms with Crippen molar-refractivity contribution in [3.63, 3.8) is 0 Å². The summed E-state index contributed by atoms with van der Waals surface area (Å²) in [5, 5.41) is 11.9. The zero-order chi connectivity index (χ0) is 12.7. The molecular weight excluding hydrogens is 240 g/mol. The Hall–Kier alpha value is -1.26. The second-order valence-electron chi connectivity index (χ2n) is 3.77. The molecule has 4 nitrogen and oxygen atoms in total. The summed E-state index contributed by atoms with van der Waals surface area (Å²) in [6.45, 7) is 0.777. The van der Waals surface area contributed by atoms with Crippen LogP contribution < -0.4 is 11.1 Å². The van der Waals surface area contributed by atoms with E-state index in [1.54, 1.807) is 18.2 Å². The lowest BCUT2D eigenvalue weighted by Gasteiger charge is -2.07. The topological polar surface area (TPSA) is 75.4 Å². The maximum atomic E-state index is 11.7. The summed E-state index contributed by atoms with van der Waals surface area (Å²) in [5.41, 5.74) is 6.52. The van der Waals surface area contributed by atoms with Gasteiger partial charge in [0.05, 0.1) is 5.56 Å². The number of aliphatic hydroxyl groups is 1. The van der Waals surface area contributed by atoms with E-state index in [1.165, 1.54) is 0 Å². The smallest absolute Gasteiger partial charge is 0.253 e. The van der Waals surface area contributed by atoms with Crippen molar-refractivity contribution < 1.29 is 9.90 Å². The van der Waals surface area contributed by atoms with Crippen molar-refractivity contribution in [2.24, 2.45) is 0 Å². The second-order valence-corrected chi connectivity index (χ2v) is 4.21. The van der Waals surface area contributed by atoms with Gasteiger partial charge >= 0.3 is 0 Å². The van der Waals surface area contributed by atoms with Crippen molar-refractivity contribution in [1.82, 2.24) is 5.32 Å². The highest BCUT2D eigenvalue weighted by Crippen LogP contribution is 2.17. The van der Waals surface area contributed by atoms with Crippen LogP contribution in [0.1, 0.15) is 29.6 Å². The highest BCUT2D eigenvalue weighted by atomic mass is 35.5. The van der Waals surface area contributed by atoms with E-state index in [4.69, 9.17) is 22.4 Å². The van der Waals surface area contributed by atoms with Gasteiger partial charge in [0.1, 0.15) is 0 Å². The number of nitrogen functional groups attached to an aromatic ring is 1. The Kier molecular flexibility index (Phi) is 5.80. The first-order valence-corrected chi connectivity index (χ1v) is 5.97. The Bertz CT molecular complexity index is 383. The van der Waals surface area contributed by atoms with Crippen molar-refractivity contribution >= 4 is 23.2 Å². The SMILES string of the molecule is Nc1cc(Cl)ccc1C(=O)NCCCCCO. The molecule has 0 bridgehead atoms. The summed E-state index contributed by atoms with van der Waals surface area (Å²) in [6, 6.07) is 4.81. The number of aliphatic hydroxyl groups excluding tert-OH is 1. The van der Waals surface area contributed by atoms with Crippen molar-refractivity contribution in [3.8, 4) is 0 Å². The van der Waals surface area contributed by atoms with Gasteiger partial charge in [-0.3, -0.25) is 4.79 Å². The average Bonchev–Trinajstić information content (AvgIpc) is 2.28. The summed E-state index contributed by atoms with van der Waals surface area (Å²) in [7, 11) is 0. The number of hydrogen-bond acceptors (Lipinski definition) is 3. The molecule has 0 saturated heterocycles.